The second-order valence-corrected chi connectivity index (χ2v) is 16.3. The van der Waals surface area contributed by atoms with Gasteiger partial charge in [-0.3, -0.25) is 4.79 Å². The number of hydrogen-bond acceptors (Lipinski definition) is 4. The molecule has 1 aromatic heterocycles. The van der Waals surface area contributed by atoms with Crippen molar-refractivity contribution in [2.24, 2.45) is 0 Å². The molecule has 2 N–H and O–H groups in total. The monoisotopic (exact) mass is 482 g/mol. The molecule has 0 saturated heterocycles. The molecule has 0 bridgehead atoms. The van der Waals surface area contributed by atoms with Gasteiger partial charge >= 0.3 is 5.97 Å². The molecule has 4 nitrogen and oxygen atoms in total. The number of thiophene rings is 1. The zero-order chi connectivity index (χ0) is 24.2. The fraction of sp³-hybridized carbons (Fsp3) is 0.731. The van der Waals surface area contributed by atoms with Crippen LogP contribution in [0.15, 0.2) is 24.3 Å². The number of carbonyl (C=O) groups is 1. The maximum Gasteiger partial charge on any atom is 0.303 e. The van der Waals surface area contributed by atoms with Crippen LogP contribution in [0.4, 0.5) is 0 Å². The van der Waals surface area contributed by atoms with E-state index in [9.17, 15) is 9.90 Å². The van der Waals surface area contributed by atoms with Gasteiger partial charge < -0.3 is 14.6 Å². The first kappa shape index (κ1) is 29.1. The topological polar surface area (TPSA) is 66.8 Å². The first-order chi connectivity index (χ1) is 15.0. The van der Waals surface area contributed by atoms with Crippen LogP contribution in [0.3, 0.4) is 0 Å². The molecule has 1 heterocycles. The molecule has 0 fully saturated rings. The van der Waals surface area contributed by atoms with Crippen molar-refractivity contribution in [1.29, 1.82) is 0 Å². The number of hydrogen-bond donors (Lipinski definition) is 2. The smallest absolute Gasteiger partial charge is 0.303 e. The number of rotatable bonds is 16. The summed E-state index contributed by atoms with van der Waals surface area (Å²) in [6.45, 7) is 13.7. The summed E-state index contributed by atoms with van der Waals surface area (Å²) < 4.78 is 6.82. The summed E-state index contributed by atoms with van der Waals surface area (Å²) >= 11 is 1.79. The lowest BCUT2D eigenvalue weighted by Gasteiger charge is -2.39. The third-order valence-electron chi connectivity index (χ3n) is 6.39. The Hall–Kier alpha value is -0.953. The highest BCUT2D eigenvalue weighted by Gasteiger charge is 2.39. The summed E-state index contributed by atoms with van der Waals surface area (Å²) in [5.74, 6) is -0.799. The molecule has 6 heteroatoms. The van der Waals surface area contributed by atoms with Gasteiger partial charge in [0.15, 0.2) is 8.32 Å². The SMILES string of the molecule is CCCCCC=CCC(O[Si](C)(C)C(C)(C)C)c1ccc(CCC(O)CCCC(=O)O)s1. The van der Waals surface area contributed by atoms with Crippen molar-refractivity contribution in [3.63, 3.8) is 0 Å². The second-order valence-electron chi connectivity index (χ2n) is 10.4. The van der Waals surface area contributed by atoms with E-state index in [2.05, 4.69) is 65.1 Å². The Morgan fingerprint density at radius 2 is 1.88 bits per heavy atom. The minimum atomic E-state index is -1.90. The van der Waals surface area contributed by atoms with Gasteiger partial charge in [-0.25, -0.2) is 0 Å². The number of aliphatic carboxylic acids is 1. The maximum absolute atomic E-state index is 10.6. The first-order valence-electron chi connectivity index (χ1n) is 12.3. The molecule has 2 atom stereocenters. The van der Waals surface area contributed by atoms with Crippen molar-refractivity contribution in [2.75, 3.05) is 0 Å². The number of carboxylic acid groups (broad SMARTS) is 1. The summed E-state index contributed by atoms with van der Waals surface area (Å²) in [6, 6.07) is 4.36. The molecule has 0 radical (unpaired) electrons. The van der Waals surface area contributed by atoms with Crippen LogP contribution in [0.25, 0.3) is 0 Å². The predicted octanol–water partition coefficient (Wildman–Crippen LogP) is 7.89. The summed E-state index contributed by atoms with van der Waals surface area (Å²) in [5.41, 5.74) is 0. The van der Waals surface area contributed by atoms with Crippen LogP contribution in [-0.4, -0.2) is 30.6 Å². The molecule has 0 aliphatic rings. The average Bonchev–Trinajstić information content (AvgIpc) is 3.16. The van der Waals surface area contributed by atoms with E-state index >= 15 is 0 Å². The van der Waals surface area contributed by atoms with Crippen molar-refractivity contribution >= 4 is 25.6 Å². The third-order valence-corrected chi connectivity index (χ3v) is 12.1. The van der Waals surface area contributed by atoms with E-state index in [0.29, 0.717) is 19.3 Å². The highest BCUT2D eigenvalue weighted by Crippen LogP contribution is 2.42. The molecule has 0 amide bonds. The van der Waals surface area contributed by atoms with Crippen LogP contribution in [0.1, 0.15) is 101 Å². The Morgan fingerprint density at radius 3 is 2.50 bits per heavy atom. The lowest BCUT2D eigenvalue weighted by molar-refractivity contribution is -0.137. The van der Waals surface area contributed by atoms with E-state index < -0.39 is 20.4 Å². The van der Waals surface area contributed by atoms with Crippen molar-refractivity contribution < 1.29 is 19.4 Å². The van der Waals surface area contributed by atoms with Crippen LogP contribution in [0.5, 0.6) is 0 Å². The molecular weight excluding hydrogens is 436 g/mol. The molecule has 0 saturated carbocycles. The molecule has 1 aromatic rings. The van der Waals surface area contributed by atoms with E-state index in [1.165, 1.54) is 29.0 Å². The average molecular weight is 483 g/mol. The Labute approximate surface area is 201 Å². The molecule has 32 heavy (non-hydrogen) atoms. The molecule has 2 unspecified atom stereocenters. The van der Waals surface area contributed by atoms with Crippen LogP contribution in [-0.2, 0) is 15.6 Å². The quantitative estimate of drug-likeness (QED) is 0.143. The van der Waals surface area contributed by atoms with Crippen LogP contribution < -0.4 is 0 Å². The summed E-state index contributed by atoms with van der Waals surface area (Å²) in [5, 5.41) is 19.1. The van der Waals surface area contributed by atoms with Gasteiger partial charge in [0.05, 0.1) is 12.2 Å². The standard InChI is InChI=1S/C26H46O4SSi/c1-7-8-9-10-11-12-15-23(30-32(5,6)26(2,3)4)24-20-19-22(31-24)18-17-21(27)14-13-16-25(28)29/h11-12,19-21,23,27H,7-10,13-18H2,1-6H3,(H,28,29). The van der Waals surface area contributed by atoms with Gasteiger partial charge in [0.1, 0.15) is 0 Å². The minimum absolute atomic E-state index is 0.0811. The van der Waals surface area contributed by atoms with Gasteiger partial charge in [-0.1, -0.05) is 52.7 Å². The normalized spacial score (nSPS) is 14.7. The first-order valence-corrected chi connectivity index (χ1v) is 16.0. The van der Waals surface area contributed by atoms with Crippen molar-refractivity contribution in [3.8, 4) is 0 Å². The summed E-state index contributed by atoms with van der Waals surface area (Å²) in [6.07, 6.45) is 12.7. The third kappa shape index (κ3) is 11.3. The van der Waals surface area contributed by atoms with Gasteiger partial charge in [-0.2, -0.15) is 0 Å². The number of aliphatic hydroxyl groups excluding tert-OH is 1. The highest BCUT2D eigenvalue weighted by molar-refractivity contribution is 7.12. The lowest BCUT2D eigenvalue weighted by Crippen LogP contribution is -2.41. The molecule has 0 aromatic carbocycles. The number of aliphatic hydroxyl groups is 1. The summed E-state index contributed by atoms with van der Waals surface area (Å²) in [4.78, 5) is 13.2. The fourth-order valence-corrected chi connectivity index (χ4v) is 5.69. The molecule has 0 aliphatic carbocycles. The minimum Gasteiger partial charge on any atom is -0.481 e. The fourth-order valence-electron chi connectivity index (χ4n) is 3.25. The molecule has 0 aliphatic heterocycles. The number of unbranched alkanes of at least 4 members (excludes halogenated alkanes) is 3. The molecule has 1 rings (SSSR count). The van der Waals surface area contributed by atoms with Crippen molar-refractivity contribution in [3.05, 3.63) is 34.0 Å². The molecule has 184 valence electrons. The molecule has 0 spiro atoms. The summed E-state index contributed by atoms with van der Waals surface area (Å²) in [7, 11) is -1.90. The molecular formula is C26H46O4SSi. The Balaban J connectivity index is 2.75. The largest absolute Gasteiger partial charge is 0.481 e. The maximum atomic E-state index is 10.6. The Kier molecular flexibility index (Phi) is 13.0. The van der Waals surface area contributed by atoms with E-state index in [4.69, 9.17) is 9.53 Å². The van der Waals surface area contributed by atoms with Crippen LogP contribution in [0, 0.1) is 0 Å². The number of allylic oxidation sites excluding steroid dienone is 1. The number of carboxylic acids is 1. The zero-order valence-electron chi connectivity index (χ0n) is 21.2. The van der Waals surface area contributed by atoms with E-state index in [-0.39, 0.29) is 17.6 Å². The predicted molar refractivity (Wildman–Crippen MR) is 139 cm³/mol. The van der Waals surface area contributed by atoms with Crippen molar-refractivity contribution in [1.82, 2.24) is 0 Å². The lowest BCUT2D eigenvalue weighted by atomic mass is 10.1. The van der Waals surface area contributed by atoms with Gasteiger partial charge in [-0.15, -0.1) is 11.3 Å². The highest BCUT2D eigenvalue weighted by atomic mass is 32.1. The van der Waals surface area contributed by atoms with Gasteiger partial charge in [0.2, 0.25) is 0 Å². The van der Waals surface area contributed by atoms with Crippen molar-refractivity contribution in [2.45, 2.75) is 122 Å². The van der Waals surface area contributed by atoms with Crippen LogP contribution >= 0.6 is 11.3 Å². The Morgan fingerprint density at radius 1 is 1.16 bits per heavy atom. The van der Waals surface area contributed by atoms with Crippen LogP contribution in [0.2, 0.25) is 18.1 Å². The van der Waals surface area contributed by atoms with E-state index in [1.54, 1.807) is 11.3 Å². The second kappa shape index (κ2) is 14.3. The van der Waals surface area contributed by atoms with Gasteiger partial charge in [0, 0.05) is 16.2 Å². The zero-order valence-corrected chi connectivity index (χ0v) is 23.0. The van der Waals surface area contributed by atoms with Gasteiger partial charge in [-0.05, 0) is 75.2 Å². The number of aryl methyl sites for hydroxylation is 1. The Bertz CT molecular complexity index is 690. The van der Waals surface area contributed by atoms with Gasteiger partial charge in [0.25, 0.3) is 0 Å². The van der Waals surface area contributed by atoms with E-state index in [1.807, 2.05) is 0 Å². The van der Waals surface area contributed by atoms with E-state index in [0.717, 1.165) is 19.3 Å².